The molecule has 0 radical (unpaired) electrons. The van der Waals surface area contributed by atoms with Gasteiger partial charge >= 0.3 is 0 Å². The number of carbonyl (C=O) groups is 1. The van der Waals surface area contributed by atoms with Crippen molar-refractivity contribution in [3.8, 4) is 6.07 Å². The minimum Gasteiger partial charge on any atom is -0.325 e. The molecule has 0 unspecified atom stereocenters. The van der Waals surface area contributed by atoms with Gasteiger partial charge in [-0.1, -0.05) is 36.0 Å². The van der Waals surface area contributed by atoms with Crippen molar-refractivity contribution in [1.29, 1.82) is 5.26 Å². The number of aromatic nitrogens is 2. The summed E-state index contributed by atoms with van der Waals surface area (Å²) in [5.74, 6) is 0.138. The molecule has 0 aliphatic rings. The van der Waals surface area contributed by atoms with Crippen molar-refractivity contribution in [3.63, 3.8) is 0 Å². The molecule has 0 saturated heterocycles. The Morgan fingerprint density at radius 2 is 1.85 bits per heavy atom. The van der Waals surface area contributed by atoms with Crippen molar-refractivity contribution in [2.75, 3.05) is 10.6 Å². The summed E-state index contributed by atoms with van der Waals surface area (Å²) >= 11 is 1.52. The van der Waals surface area contributed by atoms with Crippen molar-refractivity contribution in [2.24, 2.45) is 0 Å². The number of amides is 1. The van der Waals surface area contributed by atoms with Gasteiger partial charge in [0.25, 0.3) is 0 Å². The summed E-state index contributed by atoms with van der Waals surface area (Å²) in [6.45, 7) is 1.40. The van der Waals surface area contributed by atoms with Gasteiger partial charge in [0.05, 0.1) is 16.9 Å². The van der Waals surface area contributed by atoms with Gasteiger partial charge in [0.15, 0.2) is 0 Å². The minimum absolute atomic E-state index is 0.240. The highest BCUT2D eigenvalue weighted by Crippen LogP contribution is 2.28. The Hall–Kier alpha value is -3.37. The maximum absolute atomic E-state index is 11.3. The lowest BCUT2D eigenvalue weighted by Crippen LogP contribution is -2.08. The van der Waals surface area contributed by atoms with Crippen LogP contribution in [0.2, 0.25) is 0 Å². The highest BCUT2D eigenvalue weighted by molar-refractivity contribution is 7.99. The van der Waals surface area contributed by atoms with Crippen LogP contribution in [0.3, 0.4) is 0 Å². The van der Waals surface area contributed by atoms with Crippen LogP contribution in [0.4, 0.5) is 17.3 Å². The SMILES string of the molecule is CC(=O)Nc1cccc(Nc2nccc(Sc3ccccc3)n2)c1C#N. The van der Waals surface area contributed by atoms with Gasteiger partial charge in [0.1, 0.15) is 11.1 Å². The first-order valence-electron chi connectivity index (χ1n) is 7.79. The average molecular weight is 361 g/mol. The zero-order valence-electron chi connectivity index (χ0n) is 13.9. The highest BCUT2D eigenvalue weighted by Gasteiger charge is 2.11. The molecule has 1 amide bonds. The van der Waals surface area contributed by atoms with Gasteiger partial charge in [-0.25, -0.2) is 9.97 Å². The Morgan fingerprint density at radius 3 is 2.58 bits per heavy atom. The van der Waals surface area contributed by atoms with Crippen molar-refractivity contribution < 1.29 is 4.79 Å². The van der Waals surface area contributed by atoms with Crippen molar-refractivity contribution in [3.05, 3.63) is 66.4 Å². The molecule has 0 aliphatic carbocycles. The molecule has 0 atom stereocenters. The molecular formula is C19H15N5OS. The lowest BCUT2D eigenvalue weighted by Gasteiger charge is -2.11. The smallest absolute Gasteiger partial charge is 0.228 e. The van der Waals surface area contributed by atoms with Gasteiger partial charge in [-0.2, -0.15) is 5.26 Å². The summed E-state index contributed by atoms with van der Waals surface area (Å²) < 4.78 is 0. The van der Waals surface area contributed by atoms with E-state index in [4.69, 9.17) is 0 Å². The van der Waals surface area contributed by atoms with E-state index in [1.54, 1.807) is 24.4 Å². The molecule has 3 rings (SSSR count). The summed E-state index contributed by atoms with van der Waals surface area (Å²) in [6.07, 6.45) is 1.66. The largest absolute Gasteiger partial charge is 0.325 e. The van der Waals surface area contributed by atoms with Gasteiger partial charge in [0, 0.05) is 18.0 Å². The van der Waals surface area contributed by atoms with Gasteiger partial charge in [-0.3, -0.25) is 4.79 Å². The van der Waals surface area contributed by atoms with E-state index in [1.165, 1.54) is 18.7 Å². The van der Waals surface area contributed by atoms with Crippen LogP contribution < -0.4 is 10.6 Å². The van der Waals surface area contributed by atoms with Crippen molar-refractivity contribution >= 4 is 35.0 Å². The first kappa shape index (κ1) is 17.5. The molecule has 0 saturated carbocycles. The zero-order chi connectivity index (χ0) is 18.4. The molecular weight excluding hydrogens is 346 g/mol. The predicted molar refractivity (Wildman–Crippen MR) is 101 cm³/mol. The highest BCUT2D eigenvalue weighted by atomic mass is 32.2. The van der Waals surface area contributed by atoms with Crippen LogP contribution in [0.25, 0.3) is 0 Å². The monoisotopic (exact) mass is 361 g/mol. The molecule has 3 aromatic rings. The van der Waals surface area contributed by atoms with E-state index >= 15 is 0 Å². The van der Waals surface area contributed by atoms with Gasteiger partial charge in [-0.05, 0) is 30.3 Å². The lowest BCUT2D eigenvalue weighted by molar-refractivity contribution is -0.114. The van der Waals surface area contributed by atoms with E-state index in [9.17, 15) is 10.1 Å². The van der Waals surface area contributed by atoms with Crippen LogP contribution in [0, 0.1) is 11.3 Å². The number of hydrogen-bond acceptors (Lipinski definition) is 6. The summed E-state index contributed by atoms with van der Waals surface area (Å²) in [4.78, 5) is 21.1. The second kappa shape index (κ2) is 8.14. The molecule has 7 heteroatoms. The van der Waals surface area contributed by atoms with Gasteiger partial charge in [0.2, 0.25) is 11.9 Å². The van der Waals surface area contributed by atoms with Gasteiger partial charge < -0.3 is 10.6 Å². The molecule has 6 nitrogen and oxygen atoms in total. The molecule has 0 bridgehead atoms. The second-order valence-corrected chi connectivity index (χ2v) is 6.37. The van der Waals surface area contributed by atoms with Crippen molar-refractivity contribution in [2.45, 2.75) is 16.8 Å². The first-order chi connectivity index (χ1) is 12.7. The topological polar surface area (TPSA) is 90.7 Å². The fourth-order valence-corrected chi connectivity index (χ4v) is 3.06. The molecule has 0 spiro atoms. The molecule has 0 aliphatic heterocycles. The fourth-order valence-electron chi connectivity index (χ4n) is 2.26. The number of benzene rings is 2. The summed E-state index contributed by atoms with van der Waals surface area (Å²) in [6, 6.07) is 19.0. The van der Waals surface area contributed by atoms with Crippen LogP contribution in [0.15, 0.2) is 70.7 Å². The molecule has 26 heavy (non-hydrogen) atoms. The number of carbonyl (C=O) groups excluding carboxylic acids is 1. The number of nitrogens with zero attached hydrogens (tertiary/aromatic N) is 3. The molecule has 1 aromatic heterocycles. The van der Waals surface area contributed by atoms with E-state index in [0.717, 1.165) is 9.92 Å². The quantitative estimate of drug-likeness (QED) is 0.662. The predicted octanol–water partition coefficient (Wildman–Crippen LogP) is 4.20. The molecule has 2 aromatic carbocycles. The van der Waals surface area contributed by atoms with Crippen LogP contribution >= 0.6 is 11.8 Å². The van der Waals surface area contributed by atoms with Crippen LogP contribution in [-0.4, -0.2) is 15.9 Å². The van der Waals surface area contributed by atoms with Crippen LogP contribution in [-0.2, 0) is 4.79 Å². The van der Waals surface area contributed by atoms with E-state index < -0.39 is 0 Å². The number of rotatable bonds is 5. The maximum Gasteiger partial charge on any atom is 0.228 e. The van der Waals surface area contributed by atoms with Crippen LogP contribution in [0.5, 0.6) is 0 Å². The van der Waals surface area contributed by atoms with Gasteiger partial charge in [-0.15, -0.1) is 0 Å². The number of anilines is 3. The number of nitrogens with one attached hydrogen (secondary N) is 2. The van der Waals surface area contributed by atoms with E-state index in [0.29, 0.717) is 22.9 Å². The average Bonchev–Trinajstić information content (AvgIpc) is 2.63. The maximum atomic E-state index is 11.3. The Kier molecular flexibility index (Phi) is 5.46. The zero-order valence-corrected chi connectivity index (χ0v) is 14.7. The lowest BCUT2D eigenvalue weighted by atomic mass is 10.1. The normalized spacial score (nSPS) is 10.0. The molecule has 128 valence electrons. The van der Waals surface area contributed by atoms with Crippen LogP contribution in [0.1, 0.15) is 12.5 Å². The summed E-state index contributed by atoms with van der Waals surface area (Å²) in [5.41, 5.74) is 1.30. The third kappa shape index (κ3) is 4.37. The van der Waals surface area contributed by atoms with E-state index in [-0.39, 0.29) is 5.91 Å². The first-order valence-corrected chi connectivity index (χ1v) is 8.61. The standard InChI is InChI=1S/C19H15N5OS/c1-13(25)22-16-8-5-9-17(15(16)12-20)23-19-21-11-10-18(24-19)26-14-6-3-2-4-7-14/h2-11H,1H3,(H,22,25)(H,21,23,24). The molecule has 2 N–H and O–H groups in total. The van der Waals surface area contributed by atoms with Crippen molar-refractivity contribution in [1.82, 2.24) is 9.97 Å². The Balaban J connectivity index is 1.84. The second-order valence-electron chi connectivity index (χ2n) is 5.28. The number of nitriles is 1. The third-order valence-corrected chi connectivity index (χ3v) is 4.27. The fraction of sp³-hybridized carbons (Fsp3) is 0.0526. The van der Waals surface area contributed by atoms with E-state index in [2.05, 4.69) is 26.7 Å². The van der Waals surface area contributed by atoms with E-state index in [1.807, 2.05) is 36.4 Å². The summed E-state index contributed by atoms with van der Waals surface area (Å²) in [5, 5.41) is 15.9. The Morgan fingerprint density at radius 1 is 1.08 bits per heavy atom. The third-order valence-electron chi connectivity index (χ3n) is 3.33. The Bertz CT molecular complexity index is 969. The summed E-state index contributed by atoms with van der Waals surface area (Å²) in [7, 11) is 0. The minimum atomic E-state index is -0.240. The number of hydrogen-bond donors (Lipinski definition) is 2. The Labute approximate surface area is 155 Å². The molecule has 1 heterocycles. The molecule has 0 fully saturated rings.